The van der Waals surface area contributed by atoms with Crippen LogP contribution in [0.2, 0.25) is 0 Å². The zero-order valence-electron chi connectivity index (χ0n) is 10.5. The Labute approximate surface area is 102 Å². The van der Waals surface area contributed by atoms with Crippen molar-refractivity contribution in [1.82, 2.24) is 5.32 Å². The van der Waals surface area contributed by atoms with Crippen molar-refractivity contribution in [2.45, 2.75) is 51.0 Å². The van der Waals surface area contributed by atoms with E-state index in [-0.39, 0.29) is 23.3 Å². The first-order chi connectivity index (χ1) is 7.32. The van der Waals surface area contributed by atoms with E-state index in [2.05, 4.69) is 5.32 Å². The second-order valence-corrected chi connectivity index (χ2v) is 5.91. The van der Waals surface area contributed by atoms with Gasteiger partial charge in [0.15, 0.2) is 0 Å². The van der Waals surface area contributed by atoms with Gasteiger partial charge in [-0.1, -0.05) is 6.92 Å². The van der Waals surface area contributed by atoms with Crippen LogP contribution in [-0.4, -0.2) is 45.4 Å². The first-order valence-electron chi connectivity index (χ1n) is 5.55. The third-order valence-electron chi connectivity index (χ3n) is 2.46. The largest absolute Gasteiger partial charge is 0.394 e. The molecule has 0 spiro atoms. The first kappa shape index (κ1) is 15.7. The van der Waals surface area contributed by atoms with Gasteiger partial charge in [-0.2, -0.15) is 0 Å². The monoisotopic (exact) mass is 249 g/mol. The Bertz CT molecular complexity index is 221. The van der Waals surface area contributed by atoms with Gasteiger partial charge < -0.3 is 15.5 Å². The number of amides is 1. The normalized spacial score (nSPS) is 15.6. The van der Waals surface area contributed by atoms with Gasteiger partial charge in [0.2, 0.25) is 5.91 Å². The molecule has 0 fully saturated rings. The van der Waals surface area contributed by atoms with Gasteiger partial charge in [0, 0.05) is 11.3 Å². The Balaban J connectivity index is 4.00. The third-order valence-corrected chi connectivity index (χ3v) is 3.76. The minimum atomic E-state index is -0.751. The number of hydrogen-bond acceptors (Lipinski definition) is 4. The first-order valence-corrected chi connectivity index (χ1v) is 6.59. The summed E-state index contributed by atoms with van der Waals surface area (Å²) in [5, 5.41) is 20.5. The van der Waals surface area contributed by atoms with Gasteiger partial charge in [-0.05, 0) is 27.2 Å². The second kappa shape index (κ2) is 7.14. The van der Waals surface area contributed by atoms with Crippen molar-refractivity contribution in [2.75, 3.05) is 12.4 Å². The fraction of sp³-hybridized carbons (Fsp3) is 0.909. The van der Waals surface area contributed by atoms with E-state index in [0.717, 1.165) is 6.42 Å². The number of carbonyl (C=O) groups excluding carboxylic acids is 1. The highest BCUT2D eigenvalue weighted by atomic mass is 32.2. The Kier molecular flexibility index (Phi) is 7.03. The highest BCUT2D eigenvalue weighted by Crippen LogP contribution is 2.14. The highest BCUT2D eigenvalue weighted by molar-refractivity contribution is 8.00. The lowest BCUT2D eigenvalue weighted by molar-refractivity contribution is -0.121. The summed E-state index contributed by atoms with van der Waals surface area (Å²) < 4.78 is 0. The molecule has 5 heteroatoms. The fourth-order valence-electron chi connectivity index (χ4n) is 0.907. The average Bonchev–Trinajstić information content (AvgIpc) is 2.24. The van der Waals surface area contributed by atoms with Crippen LogP contribution in [0.25, 0.3) is 0 Å². The van der Waals surface area contributed by atoms with Crippen LogP contribution in [0.1, 0.15) is 34.1 Å². The van der Waals surface area contributed by atoms with E-state index in [0.29, 0.717) is 5.75 Å². The molecule has 96 valence electrons. The topological polar surface area (TPSA) is 69.6 Å². The Morgan fingerprint density at radius 3 is 2.50 bits per heavy atom. The van der Waals surface area contributed by atoms with Crippen LogP contribution in [0, 0.1) is 0 Å². The number of nitrogens with one attached hydrogen (secondary N) is 1. The number of aliphatic hydroxyl groups is 2. The smallest absolute Gasteiger partial charge is 0.233 e. The van der Waals surface area contributed by atoms with E-state index in [9.17, 15) is 4.79 Å². The minimum absolute atomic E-state index is 0.0259. The number of hydrogen-bond donors (Lipinski definition) is 3. The van der Waals surface area contributed by atoms with Crippen molar-refractivity contribution in [3.8, 4) is 0 Å². The summed E-state index contributed by atoms with van der Waals surface area (Å²) in [6.45, 7) is 7.51. The molecule has 3 N–H and O–H groups in total. The van der Waals surface area contributed by atoms with Crippen molar-refractivity contribution in [3.05, 3.63) is 0 Å². The number of carbonyl (C=O) groups is 1. The van der Waals surface area contributed by atoms with Crippen LogP contribution in [0.5, 0.6) is 0 Å². The van der Waals surface area contributed by atoms with Crippen molar-refractivity contribution in [2.24, 2.45) is 0 Å². The van der Waals surface area contributed by atoms with Crippen molar-refractivity contribution in [1.29, 1.82) is 0 Å². The number of aliphatic hydroxyl groups excluding tert-OH is 2. The van der Waals surface area contributed by atoms with E-state index in [1.54, 1.807) is 6.92 Å². The molecular formula is C11H23NO3S. The maximum Gasteiger partial charge on any atom is 0.233 e. The third kappa shape index (κ3) is 6.35. The molecule has 0 saturated carbocycles. The van der Waals surface area contributed by atoms with Crippen molar-refractivity contribution < 1.29 is 15.0 Å². The summed E-state index contributed by atoms with van der Waals surface area (Å²) in [5.41, 5.74) is -0.193. The molecule has 0 radical (unpaired) electrons. The molecule has 1 amide bonds. The summed E-state index contributed by atoms with van der Waals surface area (Å²) in [6.07, 6.45) is 0.120. The molecule has 0 aliphatic carbocycles. The van der Waals surface area contributed by atoms with E-state index in [1.165, 1.54) is 11.8 Å². The van der Waals surface area contributed by atoms with Gasteiger partial charge >= 0.3 is 0 Å². The van der Waals surface area contributed by atoms with Crippen LogP contribution < -0.4 is 5.32 Å². The van der Waals surface area contributed by atoms with Gasteiger partial charge in [-0.15, -0.1) is 11.8 Å². The predicted octanol–water partition coefficient (Wildman–Crippen LogP) is 0.766. The Hall–Kier alpha value is -0.260. The predicted molar refractivity (Wildman–Crippen MR) is 67.5 cm³/mol. The molecule has 0 bridgehead atoms. The summed E-state index contributed by atoms with van der Waals surface area (Å²) in [4.78, 5) is 11.7. The summed E-state index contributed by atoms with van der Waals surface area (Å²) in [7, 11) is 0. The maximum atomic E-state index is 11.7. The fourth-order valence-corrected chi connectivity index (χ4v) is 1.73. The molecule has 0 aromatic heterocycles. The molecule has 0 aromatic carbocycles. The second-order valence-electron chi connectivity index (χ2n) is 4.54. The molecular weight excluding hydrogens is 226 g/mol. The van der Waals surface area contributed by atoms with E-state index in [4.69, 9.17) is 10.2 Å². The van der Waals surface area contributed by atoms with Crippen LogP contribution in [0.3, 0.4) is 0 Å². The SMILES string of the molecule is CCC(C)(C)NC(=O)C(C)SCC(O)CO. The van der Waals surface area contributed by atoms with Gasteiger partial charge in [-0.3, -0.25) is 4.79 Å². The minimum Gasteiger partial charge on any atom is -0.394 e. The number of thioether (sulfide) groups is 1. The summed E-state index contributed by atoms with van der Waals surface area (Å²) >= 11 is 1.35. The van der Waals surface area contributed by atoms with E-state index in [1.807, 2.05) is 20.8 Å². The molecule has 0 aliphatic rings. The van der Waals surface area contributed by atoms with Gasteiger partial charge in [0.25, 0.3) is 0 Å². The molecule has 0 rings (SSSR count). The Morgan fingerprint density at radius 1 is 1.50 bits per heavy atom. The Morgan fingerprint density at radius 2 is 2.06 bits per heavy atom. The summed E-state index contributed by atoms with van der Waals surface area (Å²) in [6, 6.07) is 0. The zero-order chi connectivity index (χ0) is 12.8. The van der Waals surface area contributed by atoms with Gasteiger partial charge in [0.05, 0.1) is 18.0 Å². The maximum absolute atomic E-state index is 11.7. The lowest BCUT2D eigenvalue weighted by Crippen LogP contribution is -2.46. The lowest BCUT2D eigenvalue weighted by Gasteiger charge is -2.26. The molecule has 4 nitrogen and oxygen atoms in total. The zero-order valence-corrected chi connectivity index (χ0v) is 11.3. The molecule has 0 aromatic rings. The lowest BCUT2D eigenvalue weighted by atomic mass is 10.0. The van der Waals surface area contributed by atoms with Crippen molar-refractivity contribution >= 4 is 17.7 Å². The quantitative estimate of drug-likeness (QED) is 0.623. The molecule has 0 aliphatic heterocycles. The summed E-state index contributed by atoms with van der Waals surface area (Å²) in [5.74, 6) is 0.347. The molecule has 2 unspecified atom stereocenters. The molecule has 2 atom stereocenters. The van der Waals surface area contributed by atoms with Crippen LogP contribution in [0.15, 0.2) is 0 Å². The standard InChI is InChI=1S/C11H23NO3S/c1-5-11(3,4)12-10(15)8(2)16-7-9(14)6-13/h8-9,13-14H,5-7H2,1-4H3,(H,12,15). The van der Waals surface area contributed by atoms with E-state index < -0.39 is 6.10 Å². The molecule has 16 heavy (non-hydrogen) atoms. The molecule has 0 heterocycles. The van der Waals surface area contributed by atoms with Crippen LogP contribution >= 0.6 is 11.8 Å². The van der Waals surface area contributed by atoms with E-state index >= 15 is 0 Å². The van der Waals surface area contributed by atoms with Crippen molar-refractivity contribution in [3.63, 3.8) is 0 Å². The highest BCUT2D eigenvalue weighted by Gasteiger charge is 2.22. The van der Waals surface area contributed by atoms with Crippen LogP contribution in [-0.2, 0) is 4.79 Å². The molecule has 0 saturated heterocycles. The van der Waals surface area contributed by atoms with Gasteiger partial charge in [-0.25, -0.2) is 0 Å². The van der Waals surface area contributed by atoms with Crippen LogP contribution in [0.4, 0.5) is 0 Å². The number of rotatable bonds is 7. The van der Waals surface area contributed by atoms with Gasteiger partial charge in [0.1, 0.15) is 0 Å². The average molecular weight is 249 g/mol.